The van der Waals surface area contributed by atoms with Crippen LogP contribution in [-0.2, 0) is 27.4 Å². The van der Waals surface area contributed by atoms with E-state index in [4.69, 9.17) is 4.74 Å². The molecule has 0 aromatic heterocycles. The predicted octanol–water partition coefficient (Wildman–Crippen LogP) is 2.78. The van der Waals surface area contributed by atoms with E-state index in [1.807, 2.05) is 60.7 Å². The topological polar surface area (TPSA) is 46.6 Å². The zero-order chi connectivity index (χ0) is 15.8. The van der Waals surface area contributed by atoms with Crippen LogP contribution in [-0.4, -0.2) is 23.4 Å². The maximum atomic E-state index is 12.3. The van der Waals surface area contributed by atoms with Gasteiger partial charge in [-0.25, -0.2) is 4.79 Å². The number of nitrogens with zero attached hydrogens (tertiary/aromatic N) is 1. The lowest BCUT2D eigenvalue weighted by atomic mass is 10.1. The summed E-state index contributed by atoms with van der Waals surface area (Å²) in [4.78, 5) is 25.5. The lowest BCUT2D eigenvalue weighted by Gasteiger charge is -2.22. The number of carbonyl (C=O) groups is 2. The van der Waals surface area contributed by atoms with Crippen molar-refractivity contribution in [2.75, 3.05) is 6.61 Å². The van der Waals surface area contributed by atoms with Gasteiger partial charge in [0.1, 0.15) is 0 Å². The smallest absolute Gasteiger partial charge is 0.397 e. The molecule has 1 amide bonds. The third-order valence-electron chi connectivity index (χ3n) is 3.17. The predicted molar refractivity (Wildman–Crippen MR) is 83.8 cm³/mol. The third kappa shape index (κ3) is 4.45. The van der Waals surface area contributed by atoms with Crippen LogP contribution in [0.15, 0.2) is 60.7 Å². The summed E-state index contributed by atoms with van der Waals surface area (Å²) in [5, 5.41) is 0. The first-order valence-electron chi connectivity index (χ1n) is 7.24. The molecule has 0 atom stereocenters. The average Bonchev–Trinajstić information content (AvgIpc) is 2.56. The van der Waals surface area contributed by atoms with E-state index in [1.54, 1.807) is 6.92 Å². The van der Waals surface area contributed by atoms with Gasteiger partial charge >= 0.3 is 11.9 Å². The van der Waals surface area contributed by atoms with Crippen molar-refractivity contribution in [3.63, 3.8) is 0 Å². The summed E-state index contributed by atoms with van der Waals surface area (Å²) in [7, 11) is 0. The Morgan fingerprint density at radius 2 is 1.32 bits per heavy atom. The van der Waals surface area contributed by atoms with Crippen LogP contribution in [0.25, 0.3) is 0 Å². The van der Waals surface area contributed by atoms with Crippen LogP contribution >= 0.6 is 0 Å². The first-order valence-corrected chi connectivity index (χ1v) is 7.24. The SMILES string of the molecule is CCOC(=O)C(=O)N(Cc1ccccc1)Cc1ccccc1. The first kappa shape index (κ1) is 15.8. The molecule has 0 saturated heterocycles. The second kappa shape index (κ2) is 7.98. The number of rotatable bonds is 5. The minimum atomic E-state index is -0.811. The van der Waals surface area contributed by atoms with Gasteiger partial charge in [0.25, 0.3) is 0 Å². The quantitative estimate of drug-likeness (QED) is 0.630. The number of amides is 1. The van der Waals surface area contributed by atoms with Gasteiger partial charge in [0.2, 0.25) is 0 Å². The molecule has 114 valence electrons. The van der Waals surface area contributed by atoms with Crippen LogP contribution in [0.5, 0.6) is 0 Å². The molecule has 0 radical (unpaired) electrons. The summed E-state index contributed by atoms with van der Waals surface area (Å²) in [5.41, 5.74) is 1.94. The van der Waals surface area contributed by atoms with Crippen LogP contribution in [0.2, 0.25) is 0 Å². The number of ether oxygens (including phenoxy) is 1. The summed E-state index contributed by atoms with van der Waals surface area (Å²) in [6, 6.07) is 19.2. The number of carbonyl (C=O) groups excluding carboxylic acids is 2. The van der Waals surface area contributed by atoms with E-state index in [-0.39, 0.29) is 6.61 Å². The van der Waals surface area contributed by atoms with E-state index in [0.717, 1.165) is 11.1 Å². The minimum Gasteiger partial charge on any atom is -0.459 e. The van der Waals surface area contributed by atoms with E-state index in [1.165, 1.54) is 4.90 Å². The van der Waals surface area contributed by atoms with E-state index in [9.17, 15) is 9.59 Å². The van der Waals surface area contributed by atoms with E-state index >= 15 is 0 Å². The van der Waals surface area contributed by atoms with Crippen LogP contribution in [0.4, 0.5) is 0 Å². The molecule has 2 aromatic rings. The van der Waals surface area contributed by atoms with Crippen molar-refractivity contribution in [1.29, 1.82) is 0 Å². The zero-order valence-corrected chi connectivity index (χ0v) is 12.6. The molecular weight excluding hydrogens is 278 g/mol. The van der Waals surface area contributed by atoms with Crippen LogP contribution in [0.1, 0.15) is 18.1 Å². The number of hydrogen-bond acceptors (Lipinski definition) is 3. The second-order valence-corrected chi connectivity index (χ2v) is 4.85. The van der Waals surface area contributed by atoms with E-state index < -0.39 is 11.9 Å². The van der Waals surface area contributed by atoms with Gasteiger partial charge in [-0.2, -0.15) is 0 Å². The normalized spacial score (nSPS) is 10.0. The van der Waals surface area contributed by atoms with Gasteiger partial charge in [-0.05, 0) is 18.1 Å². The number of benzene rings is 2. The summed E-state index contributed by atoms with van der Waals surface area (Å²) in [6.45, 7) is 2.61. The molecule has 2 rings (SSSR count). The molecule has 0 aliphatic rings. The number of esters is 1. The summed E-state index contributed by atoms with van der Waals surface area (Å²) in [6.07, 6.45) is 0. The highest BCUT2D eigenvalue weighted by Gasteiger charge is 2.23. The minimum absolute atomic E-state index is 0.190. The number of hydrogen-bond donors (Lipinski definition) is 0. The monoisotopic (exact) mass is 297 g/mol. The average molecular weight is 297 g/mol. The molecule has 0 fully saturated rings. The van der Waals surface area contributed by atoms with Gasteiger partial charge in [-0.3, -0.25) is 4.79 Å². The summed E-state index contributed by atoms with van der Waals surface area (Å²) in [5.74, 6) is -1.43. The van der Waals surface area contributed by atoms with Crippen molar-refractivity contribution >= 4 is 11.9 Å². The van der Waals surface area contributed by atoms with Crippen molar-refractivity contribution in [3.05, 3.63) is 71.8 Å². The van der Waals surface area contributed by atoms with Gasteiger partial charge < -0.3 is 9.64 Å². The third-order valence-corrected chi connectivity index (χ3v) is 3.17. The lowest BCUT2D eigenvalue weighted by Crippen LogP contribution is -2.36. The van der Waals surface area contributed by atoms with Crippen LogP contribution in [0, 0.1) is 0 Å². The Morgan fingerprint density at radius 1 is 0.864 bits per heavy atom. The standard InChI is InChI=1S/C18H19NO3/c1-2-22-18(21)17(20)19(13-15-9-5-3-6-10-15)14-16-11-7-4-8-12-16/h3-12H,2,13-14H2,1H3. The highest BCUT2D eigenvalue weighted by Crippen LogP contribution is 2.11. The molecule has 0 heterocycles. The summed E-state index contributed by atoms with van der Waals surface area (Å²) >= 11 is 0. The largest absolute Gasteiger partial charge is 0.459 e. The molecule has 0 spiro atoms. The summed E-state index contributed by atoms with van der Waals surface area (Å²) < 4.78 is 4.83. The Morgan fingerprint density at radius 3 is 1.73 bits per heavy atom. The highest BCUT2D eigenvalue weighted by molar-refractivity contribution is 6.32. The Bertz CT molecular complexity index is 569. The molecule has 0 saturated carbocycles. The maximum absolute atomic E-state index is 12.3. The fourth-order valence-corrected chi connectivity index (χ4v) is 2.13. The van der Waals surface area contributed by atoms with E-state index in [2.05, 4.69) is 0 Å². The Hall–Kier alpha value is -2.62. The van der Waals surface area contributed by atoms with Crippen molar-refractivity contribution < 1.29 is 14.3 Å². The molecule has 0 unspecified atom stereocenters. The molecular formula is C18H19NO3. The molecule has 0 aliphatic heterocycles. The fourth-order valence-electron chi connectivity index (χ4n) is 2.13. The molecule has 0 N–H and O–H groups in total. The maximum Gasteiger partial charge on any atom is 0.397 e. The lowest BCUT2D eigenvalue weighted by molar-refractivity contribution is -0.160. The molecule has 4 nitrogen and oxygen atoms in total. The van der Waals surface area contributed by atoms with Crippen molar-refractivity contribution in [3.8, 4) is 0 Å². The first-order chi connectivity index (χ1) is 10.7. The van der Waals surface area contributed by atoms with Gasteiger partial charge in [-0.15, -0.1) is 0 Å². The Labute approximate surface area is 130 Å². The van der Waals surface area contributed by atoms with Crippen molar-refractivity contribution in [2.24, 2.45) is 0 Å². The van der Waals surface area contributed by atoms with Crippen LogP contribution in [0.3, 0.4) is 0 Å². The zero-order valence-electron chi connectivity index (χ0n) is 12.6. The molecule has 0 aliphatic carbocycles. The van der Waals surface area contributed by atoms with Gasteiger partial charge in [0.05, 0.1) is 6.61 Å². The molecule has 4 heteroatoms. The molecule has 0 bridgehead atoms. The van der Waals surface area contributed by atoms with Gasteiger partial charge in [0.15, 0.2) is 0 Å². The molecule has 22 heavy (non-hydrogen) atoms. The Kier molecular flexibility index (Phi) is 5.72. The van der Waals surface area contributed by atoms with Crippen molar-refractivity contribution in [2.45, 2.75) is 20.0 Å². The Balaban J connectivity index is 2.16. The fraction of sp³-hybridized carbons (Fsp3) is 0.222. The van der Waals surface area contributed by atoms with E-state index in [0.29, 0.717) is 13.1 Å². The van der Waals surface area contributed by atoms with Gasteiger partial charge in [0, 0.05) is 13.1 Å². The highest BCUT2D eigenvalue weighted by atomic mass is 16.5. The molecule has 2 aromatic carbocycles. The van der Waals surface area contributed by atoms with Crippen LogP contribution < -0.4 is 0 Å². The second-order valence-electron chi connectivity index (χ2n) is 4.85. The van der Waals surface area contributed by atoms with Gasteiger partial charge in [-0.1, -0.05) is 60.7 Å². The van der Waals surface area contributed by atoms with Crippen molar-refractivity contribution in [1.82, 2.24) is 4.90 Å².